The van der Waals surface area contributed by atoms with E-state index in [2.05, 4.69) is 6.92 Å². The van der Waals surface area contributed by atoms with Crippen molar-refractivity contribution in [1.82, 2.24) is 0 Å². The second kappa shape index (κ2) is 16.1. The van der Waals surface area contributed by atoms with Crippen LogP contribution >= 0.6 is 0 Å². The number of hydrogen-bond donors (Lipinski definition) is 1. The van der Waals surface area contributed by atoms with E-state index in [1.54, 1.807) is 13.8 Å². The lowest BCUT2D eigenvalue weighted by Crippen LogP contribution is -2.31. The van der Waals surface area contributed by atoms with E-state index in [4.69, 9.17) is 14.2 Å². The summed E-state index contributed by atoms with van der Waals surface area (Å²) in [4.78, 5) is 35.6. The quantitative estimate of drug-likeness (QED) is 0.210. The number of esters is 3. The maximum Gasteiger partial charge on any atom is 0.311 e. The van der Waals surface area contributed by atoms with Crippen molar-refractivity contribution in [3.05, 3.63) is 0 Å². The van der Waals surface area contributed by atoms with Crippen molar-refractivity contribution in [1.29, 1.82) is 0 Å². The van der Waals surface area contributed by atoms with Crippen LogP contribution in [-0.4, -0.2) is 48.9 Å². The molecule has 0 aliphatic heterocycles. The molecule has 0 amide bonds. The van der Waals surface area contributed by atoms with E-state index in [0.29, 0.717) is 25.9 Å². The largest absolute Gasteiger partial charge is 0.465 e. The lowest BCUT2D eigenvalue weighted by molar-refractivity contribution is -0.160. The van der Waals surface area contributed by atoms with Crippen LogP contribution in [0.4, 0.5) is 0 Å². The number of aliphatic hydroxyl groups is 1. The molecule has 1 N–H and O–H groups in total. The molecule has 0 fully saturated rings. The molecule has 0 rings (SSSR count). The third kappa shape index (κ3) is 12.8. The van der Waals surface area contributed by atoms with Crippen LogP contribution in [0.3, 0.4) is 0 Å². The van der Waals surface area contributed by atoms with E-state index in [-0.39, 0.29) is 37.5 Å². The molecule has 0 heterocycles. The van der Waals surface area contributed by atoms with Crippen molar-refractivity contribution >= 4 is 17.9 Å². The van der Waals surface area contributed by atoms with E-state index < -0.39 is 17.5 Å². The molecule has 0 radical (unpaired) electrons. The van der Waals surface area contributed by atoms with Crippen molar-refractivity contribution in [2.75, 3.05) is 19.8 Å². The average Bonchev–Trinajstić information content (AvgIpc) is 2.73. The Bertz CT molecular complexity index is 502. The molecule has 2 atom stereocenters. The minimum atomic E-state index is -1.04. The van der Waals surface area contributed by atoms with E-state index in [0.717, 1.165) is 32.1 Å². The second-order valence-corrected chi connectivity index (χ2v) is 8.40. The van der Waals surface area contributed by atoms with Crippen LogP contribution in [0, 0.1) is 11.3 Å². The van der Waals surface area contributed by atoms with Gasteiger partial charge in [-0.25, -0.2) is 0 Å². The van der Waals surface area contributed by atoms with Crippen LogP contribution in [0.15, 0.2) is 0 Å². The third-order valence-corrected chi connectivity index (χ3v) is 5.28. The zero-order valence-electron chi connectivity index (χ0n) is 19.5. The Labute approximate surface area is 181 Å². The summed E-state index contributed by atoms with van der Waals surface area (Å²) in [6, 6.07) is 0. The molecule has 2 unspecified atom stereocenters. The summed E-state index contributed by atoms with van der Waals surface area (Å²) < 4.78 is 15.4. The Morgan fingerprint density at radius 2 is 1.57 bits per heavy atom. The van der Waals surface area contributed by atoms with Gasteiger partial charge in [-0.1, -0.05) is 33.6 Å². The number of aliphatic hydroxyl groups excluding tert-OH is 1. The Balaban J connectivity index is 3.81. The standard InChI is InChI=1S/C23H42O7/c1-6-9-13-18(7-2)21(26)28-15-12-10-11-14-20(25)29-16-19(24)17-30-22(27)23(4,5)8-3/h18-19,24H,6-17H2,1-5H3. The summed E-state index contributed by atoms with van der Waals surface area (Å²) in [6.45, 7) is 9.51. The number of unbranched alkanes of at least 4 members (excludes halogenated alkanes) is 3. The number of carbonyl (C=O) groups is 3. The molecular formula is C23H42O7. The molecule has 0 saturated carbocycles. The summed E-state index contributed by atoms with van der Waals surface area (Å²) in [5, 5.41) is 9.80. The highest BCUT2D eigenvalue weighted by molar-refractivity contribution is 5.75. The van der Waals surface area contributed by atoms with E-state index in [9.17, 15) is 19.5 Å². The molecule has 0 aliphatic carbocycles. The van der Waals surface area contributed by atoms with Gasteiger partial charge in [-0.05, 0) is 52.4 Å². The van der Waals surface area contributed by atoms with Crippen LogP contribution in [-0.2, 0) is 28.6 Å². The van der Waals surface area contributed by atoms with Gasteiger partial charge in [-0.15, -0.1) is 0 Å². The molecule has 30 heavy (non-hydrogen) atoms. The van der Waals surface area contributed by atoms with E-state index in [1.807, 2.05) is 13.8 Å². The Morgan fingerprint density at radius 3 is 2.17 bits per heavy atom. The van der Waals surface area contributed by atoms with E-state index >= 15 is 0 Å². The van der Waals surface area contributed by atoms with Crippen LogP contribution in [0.2, 0.25) is 0 Å². The van der Waals surface area contributed by atoms with Gasteiger partial charge < -0.3 is 19.3 Å². The minimum absolute atomic E-state index is 0.0151. The number of rotatable bonds is 17. The van der Waals surface area contributed by atoms with Crippen molar-refractivity contribution in [3.63, 3.8) is 0 Å². The van der Waals surface area contributed by atoms with Gasteiger partial charge in [0.1, 0.15) is 19.3 Å². The molecule has 0 aromatic rings. The zero-order valence-corrected chi connectivity index (χ0v) is 19.5. The molecule has 0 aromatic heterocycles. The fraction of sp³-hybridized carbons (Fsp3) is 0.870. The van der Waals surface area contributed by atoms with Crippen LogP contribution in [0.1, 0.15) is 92.4 Å². The van der Waals surface area contributed by atoms with E-state index in [1.165, 1.54) is 0 Å². The topological polar surface area (TPSA) is 99.1 Å². The highest BCUT2D eigenvalue weighted by atomic mass is 16.6. The molecular weight excluding hydrogens is 388 g/mol. The normalized spacial score (nSPS) is 13.4. The lowest BCUT2D eigenvalue weighted by atomic mass is 9.91. The smallest absolute Gasteiger partial charge is 0.311 e. The predicted octanol–water partition coefficient (Wildman–Crippen LogP) is 4.19. The average molecular weight is 431 g/mol. The summed E-state index contributed by atoms with van der Waals surface area (Å²) >= 11 is 0. The Morgan fingerprint density at radius 1 is 0.900 bits per heavy atom. The molecule has 0 aliphatic rings. The minimum Gasteiger partial charge on any atom is -0.465 e. The van der Waals surface area contributed by atoms with Gasteiger partial charge >= 0.3 is 17.9 Å². The van der Waals surface area contributed by atoms with Crippen LogP contribution < -0.4 is 0 Å². The first-order valence-corrected chi connectivity index (χ1v) is 11.3. The summed E-state index contributed by atoms with van der Waals surface area (Å²) in [7, 11) is 0. The molecule has 0 bridgehead atoms. The van der Waals surface area contributed by atoms with Crippen molar-refractivity contribution in [2.45, 2.75) is 98.5 Å². The predicted molar refractivity (Wildman–Crippen MR) is 115 cm³/mol. The first-order chi connectivity index (χ1) is 14.2. The fourth-order valence-electron chi connectivity index (χ4n) is 2.60. The highest BCUT2D eigenvalue weighted by Crippen LogP contribution is 2.21. The van der Waals surface area contributed by atoms with Gasteiger partial charge in [0.25, 0.3) is 0 Å². The van der Waals surface area contributed by atoms with Gasteiger partial charge in [0.05, 0.1) is 17.9 Å². The Kier molecular flexibility index (Phi) is 15.2. The number of carbonyl (C=O) groups excluding carboxylic acids is 3. The van der Waals surface area contributed by atoms with Gasteiger partial charge in [-0.3, -0.25) is 14.4 Å². The third-order valence-electron chi connectivity index (χ3n) is 5.28. The molecule has 7 heteroatoms. The number of hydrogen-bond acceptors (Lipinski definition) is 7. The maximum atomic E-state index is 12.0. The lowest BCUT2D eigenvalue weighted by Gasteiger charge is -2.21. The first-order valence-electron chi connectivity index (χ1n) is 11.3. The number of ether oxygens (including phenoxy) is 3. The molecule has 7 nitrogen and oxygen atoms in total. The summed E-state index contributed by atoms with van der Waals surface area (Å²) in [5.74, 6) is -0.926. The summed E-state index contributed by atoms with van der Waals surface area (Å²) in [5.41, 5.74) is -0.600. The van der Waals surface area contributed by atoms with Crippen molar-refractivity contribution < 1.29 is 33.7 Å². The van der Waals surface area contributed by atoms with Gasteiger partial charge in [0, 0.05) is 6.42 Å². The monoisotopic (exact) mass is 430 g/mol. The second-order valence-electron chi connectivity index (χ2n) is 8.40. The SMILES string of the molecule is CCCCC(CC)C(=O)OCCCCCC(=O)OCC(O)COC(=O)C(C)(C)CC. The van der Waals surface area contributed by atoms with Gasteiger partial charge in [0.15, 0.2) is 0 Å². The van der Waals surface area contributed by atoms with Crippen molar-refractivity contribution in [3.8, 4) is 0 Å². The fourth-order valence-corrected chi connectivity index (χ4v) is 2.60. The van der Waals surface area contributed by atoms with Crippen LogP contribution in [0.25, 0.3) is 0 Å². The maximum absolute atomic E-state index is 12.0. The van der Waals surface area contributed by atoms with Crippen molar-refractivity contribution in [2.24, 2.45) is 11.3 Å². The summed E-state index contributed by atoms with van der Waals surface area (Å²) in [6.07, 6.45) is 5.68. The first kappa shape index (κ1) is 28.4. The highest BCUT2D eigenvalue weighted by Gasteiger charge is 2.27. The van der Waals surface area contributed by atoms with Gasteiger partial charge in [0.2, 0.25) is 0 Å². The van der Waals surface area contributed by atoms with Crippen LogP contribution in [0.5, 0.6) is 0 Å². The molecule has 176 valence electrons. The zero-order chi connectivity index (χ0) is 23.0. The molecule has 0 aromatic carbocycles. The Hall–Kier alpha value is -1.63. The van der Waals surface area contributed by atoms with Gasteiger partial charge in [-0.2, -0.15) is 0 Å². The molecule has 0 saturated heterocycles. The molecule has 0 spiro atoms.